The third-order valence-electron chi connectivity index (χ3n) is 2.18. The molecule has 0 aliphatic heterocycles. The molecule has 1 aromatic carbocycles. The smallest absolute Gasteiger partial charge is 0.326 e. The van der Waals surface area contributed by atoms with Crippen molar-refractivity contribution >= 4 is 29.4 Å². The highest BCUT2D eigenvalue weighted by molar-refractivity contribution is 6.31. The number of carboxylic acid groups (broad SMARTS) is 1. The second-order valence-electron chi connectivity index (χ2n) is 3.66. The van der Waals surface area contributed by atoms with Gasteiger partial charge in [-0.05, 0) is 18.2 Å². The molecule has 19 heavy (non-hydrogen) atoms. The van der Waals surface area contributed by atoms with E-state index >= 15 is 0 Å². The second kappa shape index (κ2) is 6.14. The van der Waals surface area contributed by atoms with E-state index < -0.39 is 41.6 Å². The maximum Gasteiger partial charge on any atom is 0.326 e. The zero-order chi connectivity index (χ0) is 14.6. The van der Waals surface area contributed by atoms with E-state index in [1.165, 1.54) is 6.07 Å². The third-order valence-corrected chi connectivity index (χ3v) is 2.42. The van der Waals surface area contributed by atoms with E-state index in [0.717, 1.165) is 12.1 Å². The number of halogens is 2. The van der Waals surface area contributed by atoms with Crippen LogP contribution in [0.25, 0.3) is 0 Å². The fourth-order valence-electron chi connectivity index (χ4n) is 1.31. The number of carbonyl (C=O) groups is 3. The standard InChI is InChI=1S/C11H10ClFN2O4/c12-5-1-2-7(13)6(3-5)10(17)15-8(11(18)19)4-9(14)16/h1-3,8H,4H2,(H2,14,16)(H,15,17)(H,18,19)/t8-/m0/s1. The van der Waals surface area contributed by atoms with Gasteiger partial charge in [-0.2, -0.15) is 0 Å². The van der Waals surface area contributed by atoms with Crippen molar-refractivity contribution in [1.29, 1.82) is 0 Å². The van der Waals surface area contributed by atoms with E-state index in [-0.39, 0.29) is 5.02 Å². The van der Waals surface area contributed by atoms with Crippen molar-refractivity contribution < 1.29 is 23.9 Å². The largest absolute Gasteiger partial charge is 0.480 e. The SMILES string of the molecule is NC(=O)C[C@H](NC(=O)c1cc(Cl)ccc1F)C(=O)O. The number of carboxylic acids is 1. The molecule has 1 rings (SSSR count). The number of carbonyl (C=O) groups excluding carboxylic acids is 2. The molecule has 0 aliphatic rings. The van der Waals surface area contributed by atoms with E-state index in [0.29, 0.717) is 0 Å². The summed E-state index contributed by atoms with van der Waals surface area (Å²) >= 11 is 5.61. The lowest BCUT2D eigenvalue weighted by molar-refractivity contribution is -0.140. The summed E-state index contributed by atoms with van der Waals surface area (Å²) in [7, 11) is 0. The van der Waals surface area contributed by atoms with Crippen molar-refractivity contribution in [3.05, 3.63) is 34.6 Å². The number of aliphatic carboxylic acids is 1. The molecule has 0 spiro atoms. The molecule has 0 aromatic heterocycles. The van der Waals surface area contributed by atoms with Gasteiger partial charge in [0.25, 0.3) is 5.91 Å². The average Bonchev–Trinajstić information content (AvgIpc) is 2.30. The summed E-state index contributed by atoms with van der Waals surface area (Å²) in [6.45, 7) is 0. The zero-order valence-corrected chi connectivity index (χ0v) is 10.3. The number of nitrogens with one attached hydrogen (secondary N) is 1. The fourth-order valence-corrected chi connectivity index (χ4v) is 1.48. The summed E-state index contributed by atoms with van der Waals surface area (Å²) in [4.78, 5) is 33.2. The number of hydrogen-bond donors (Lipinski definition) is 3. The minimum Gasteiger partial charge on any atom is -0.480 e. The molecule has 2 amide bonds. The van der Waals surface area contributed by atoms with Crippen LogP contribution in [0.1, 0.15) is 16.8 Å². The van der Waals surface area contributed by atoms with Gasteiger partial charge in [-0.3, -0.25) is 9.59 Å². The van der Waals surface area contributed by atoms with Gasteiger partial charge in [0.1, 0.15) is 11.9 Å². The van der Waals surface area contributed by atoms with Crippen LogP contribution in [-0.2, 0) is 9.59 Å². The number of amides is 2. The molecule has 1 aromatic rings. The number of benzene rings is 1. The molecule has 8 heteroatoms. The summed E-state index contributed by atoms with van der Waals surface area (Å²) in [5.74, 6) is -4.20. The maximum absolute atomic E-state index is 13.4. The predicted molar refractivity (Wildman–Crippen MR) is 64.1 cm³/mol. The summed E-state index contributed by atoms with van der Waals surface area (Å²) in [6, 6.07) is 1.74. The van der Waals surface area contributed by atoms with Crippen molar-refractivity contribution in [3.63, 3.8) is 0 Å². The first-order chi connectivity index (χ1) is 8.81. The summed E-state index contributed by atoms with van der Waals surface area (Å²) in [5, 5.41) is 10.9. The van der Waals surface area contributed by atoms with Crippen LogP contribution in [0.5, 0.6) is 0 Å². The van der Waals surface area contributed by atoms with Gasteiger partial charge in [0.05, 0.1) is 12.0 Å². The van der Waals surface area contributed by atoms with Crippen LogP contribution in [0.3, 0.4) is 0 Å². The highest BCUT2D eigenvalue weighted by Gasteiger charge is 2.24. The van der Waals surface area contributed by atoms with Crippen molar-refractivity contribution in [2.45, 2.75) is 12.5 Å². The topological polar surface area (TPSA) is 109 Å². The van der Waals surface area contributed by atoms with E-state index in [2.05, 4.69) is 0 Å². The predicted octanol–water partition coefficient (Wildman–Crippen LogP) is 0.538. The molecule has 0 bridgehead atoms. The van der Waals surface area contributed by atoms with Crippen molar-refractivity contribution in [1.82, 2.24) is 5.32 Å². The first kappa shape index (κ1) is 14.9. The van der Waals surface area contributed by atoms with Gasteiger partial charge in [-0.15, -0.1) is 0 Å². The van der Waals surface area contributed by atoms with Crippen molar-refractivity contribution in [2.75, 3.05) is 0 Å². The number of primary amides is 1. The Bertz CT molecular complexity index is 535. The molecule has 0 saturated heterocycles. The Labute approximate surface area is 112 Å². The van der Waals surface area contributed by atoms with Gasteiger partial charge >= 0.3 is 5.97 Å². The molecule has 4 N–H and O–H groups in total. The van der Waals surface area contributed by atoms with Gasteiger partial charge in [-0.1, -0.05) is 11.6 Å². The molecule has 0 aliphatic carbocycles. The highest BCUT2D eigenvalue weighted by Crippen LogP contribution is 2.15. The average molecular weight is 289 g/mol. The van der Waals surface area contributed by atoms with Crippen LogP contribution in [0.2, 0.25) is 5.02 Å². The van der Waals surface area contributed by atoms with Gasteiger partial charge in [-0.25, -0.2) is 9.18 Å². The lowest BCUT2D eigenvalue weighted by atomic mass is 10.1. The third kappa shape index (κ3) is 4.22. The number of nitrogens with two attached hydrogens (primary N) is 1. The minimum atomic E-state index is -1.52. The molecular formula is C11H10ClFN2O4. The molecule has 0 heterocycles. The molecular weight excluding hydrogens is 279 g/mol. The molecule has 102 valence electrons. The summed E-state index contributed by atoms with van der Waals surface area (Å²) in [6.07, 6.45) is -0.594. The second-order valence-corrected chi connectivity index (χ2v) is 4.10. The van der Waals surface area contributed by atoms with Crippen molar-refractivity contribution in [2.24, 2.45) is 5.73 Å². The van der Waals surface area contributed by atoms with E-state index in [4.69, 9.17) is 22.4 Å². The zero-order valence-electron chi connectivity index (χ0n) is 9.52. The summed E-state index contributed by atoms with van der Waals surface area (Å²) in [5.41, 5.74) is 4.44. The fraction of sp³-hybridized carbons (Fsp3) is 0.182. The highest BCUT2D eigenvalue weighted by atomic mass is 35.5. The van der Waals surface area contributed by atoms with Gasteiger partial charge in [0, 0.05) is 5.02 Å². The lowest BCUT2D eigenvalue weighted by Crippen LogP contribution is -2.43. The Balaban J connectivity index is 2.90. The van der Waals surface area contributed by atoms with E-state index in [9.17, 15) is 18.8 Å². The Hall–Kier alpha value is -2.15. The molecule has 1 atom stereocenters. The quantitative estimate of drug-likeness (QED) is 0.734. The Morgan fingerprint density at radius 2 is 2.05 bits per heavy atom. The number of hydrogen-bond acceptors (Lipinski definition) is 3. The van der Waals surface area contributed by atoms with Crippen LogP contribution >= 0.6 is 11.6 Å². The Morgan fingerprint density at radius 1 is 1.42 bits per heavy atom. The molecule has 6 nitrogen and oxygen atoms in total. The molecule has 0 unspecified atom stereocenters. The van der Waals surface area contributed by atoms with Crippen LogP contribution in [0.15, 0.2) is 18.2 Å². The lowest BCUT2D eigenvalue weighted by Gasteiger charge is -2.13. The first-order valence-electron chi connectivity index (χ1n) is 5.08. The minimum absolute atomic E-state index is 0.119. The molecule has 0 radical (unpaired) electrons. The van der Waals surface area contributed by atoms with Crippen LogP contribution in [0, 0.1) is 5.82 Å². The Kier molecular flexibility index (Phi) is 4.82. The van der Waals surface area contributed by atoms with Gasteiger partial charge < -0.3 is 16.2 Å². The number of rotatable bonds is 5. The maximum atomic E-state index is 13.4. The first-order valence-corrected chi connectivity index (χ1v) is 5.46. The van der Waals surface area contributed by atoms with Crippen LogP contribution < -0.4 is 11.1 Å². The van der Waals surface area contributed by atoms with E-state index in [1.807, 2.05) is 5.32 Å². The van der Waals surface area contributed by atoms with Gasteiger partial charge in [0.2, 0.25) is 5.91 Å². The van der Waals surface area contributed by atoms with Crippen LogP contribution in [-0.4, -0.2) is 28.9 Å². The summed E-state index contributed by atoms with van der Waals surface area (Å²) < 4.78 is 13.4. The van der Waals surface area contributed by atoms with E-state index in [1.54, 1.807) is 0 Å². The van der Waals surface area contributed by atoms with Gasteiger partial charge in [0.15, 0.2) is 0 Å². The van der Waals surface area contributed by atoms with Crippen LogP contribution in [0.4, 0.5) is 4.39 Å². The van der Waals surface area contributed by atoms with Crippen molar-refractivity contribution in [3.8, 4) is 0 Å². The molecule has 0 saturated carbocycles. The normalized spacial score (nSPS) is 11.7. The molecule has 0 fully saturated rings. The Morgan fingerprint density at radius 3 is 2.58 bits per heavy atom. The monoisotopic (exact) mass is 288 g/mol.